The minimum Gasteiger partial charge on any atom is -0.255 e. The summed E-state index contributed by atoms with van der Waals surface area (Å²) < 4.78 is 1.75. The minimum absolute atomic E-state index is 0.628. The number of nitrogens with zero attached hydrogens (tertiary/aromatic N) is 3. The maximum atomic E-state index is 5.23. The monoisotopic (exact) mass is 163 g/mol. The molecule has 0 saturated carbocycles. The van der Waals surface area contributed by atoms with Gasteiger partial charge in [-0.15, -0.1) is 17.8 Å². The van der Waals surface area contributed by atoms with Crippen LogP contribution in [-0.2, 0) is 7.05 Å². The fourth-order valence-corrected chi connectivity index (χ4v) is 1.68. The van der Waals surface area contributed by atoms with E-state index in [-0.39, 0.29) is 0 Å². The van der Waals surface area contributed by atoms with E-state index in [0.717, 1.165) is 10.3 Å². The second-order valence-electron chi connectivity index (χ2n) is 2.12. The number of fused-ring (bicyclic) bond motifs is 1. The molecule has 4 heteroatoms. The standard InChI is InChI=1S/C7H5N3S/c1-3-5-6-7(10(2)9-5)11-4-8-6/h1,4H,2H3. The van der Waals surface area contributed by atoms with Crippen LogP contribution in [0.4, 0.5) is 0 Å². The molecule has 0 aliphatic rings. The van der Waals surface area contributed by atoms with Gasteiger partial charge in [0, 0.05) is 7.05 Å². The van der Waals surface area contributed by atoms with Crippen LogP contribution in [0.25, 0.3) is 10.3 Å². The molecule has 11 heavy (non-hydrogen) atoms. The first-order chi connectivity index (χ1) is 5.33. The van der Waals surface area contributed by atoms with Crippen molar-refractivity contribution in [2.75, 3.05) is 0 Å². The number of rotatable bonds is 0. The summed E-state index contributed by atoms with van der Waals surface area (Å²) in [4.78, 5) is 5.13. The topological polar surface area (TPSA) is 30.7 Å². The van der Waals surface area contributed by atoms with Crippen LogP contribution >= 0.6 is 11.3 Å². The smallest absolute Gasteiger partial charge is 0.162 e. The number of hydrogen-bond donors (Lipinski definition) is 0. The lowest BCUT2D eigenvalue weighted by Crippen LogP contribution is -1.88. The van der Waals surface area contributed by atoms with E-state index >= 15 is 0 Å². The van der Waals surface area contributed by atoms with Crippen molar-refractivity contribution >= 4 is 21.7 Å². The Balaban J connectivity index is 2.94. The highest BCUT2D eigenvalue weighted by Gasteiger charge is 2.07. The molecule has 0 radical (unpaired) electrons. The van der Waals surface area contributed by atoms with E-state index in [9.17, 15) is 0 Å². The summed E-state index contributed by atoms with van der Waals surface area (Å²) in [6.45, 7) is 0. The van der Waals surface area contributed by atoms with Crippen LogP contribution in [0.15, 0.2) is 5.51 Å². The summed E-state index contributed by atoms with van der Waals surface area (Å²) in [5, 5.41) is 4.10. The maximum Gasteiger partial charge on any atom is 0.162 e. The molecule has 0 amide bonds. The zero-order chi connectivity index (χ0) is 7.84. The molecule has 0 unspecified atom stereocenters. The fourth-order valence-electron chi connectivity index (χ4n) is 0.972. The molecule has 0 aromatic carbocycles. The Morgan fingerprint density at radius 3 is 3.27 bits per heavy atom. The van der Waals surface area contributed by atoms with E-state index in [2.05, 4.69) is 16.0 Å². The molecule has 2 aromatic heterocycles. The Morgan fingerprint density at radius 1 is 1.73 bits per heavy atom. The Kier molecular flexibility index (Phi) is 1.20. The Labute approximate surface area is 67.7 Å². The van der Waals surface area contributed by atoms with Crippen LogP contribution in [0.5, 0.6) is 0 Å². The van der Waals surface area contributed by atoms with E-state index in [1.54, 1.807) is 21.5 Å². The molecule has 0 bridgehead atoms. The largest absolute Gasteiger partial charge is 0.255 e. The zero-order valence-electron chi connectivity index (χ0n) is 5.90. The third-order valence-corrected chi connectivity index (χ3v) is 2.35. The van der Waals surface area contributed by atoms with Gasteiger partial charge in [0.1, 0.15) is 10.3 Å². The molecule has 54 valence electrons. The first-order valence-electron chi connectivity index (χ1n) is 3.05. The lowest BCUT2D eigenvalue weighted by molar-refractivity contribution is 0.797. The lowest BCUT2D eigenvalue weighted by Gasteiger charge is -1.82. The first kappa shape index (κ1) is 6.38. The highest BCUT2D eigenvalue weighted by atomic mass is 32.1. The van der Waals surface area contributed by atoms with Gasteiger partial charge in [-0.2, -0.15) is 5.10 Å². The average molecular weight is 163 g/mol. The van der Waals surface area contributed by atoms with Gasteiger partial charge in [0.15, 0.2) is 5.69 Å². The molecule has 0 spiro atoms. The molecular formula is C7H5N3S. The van der Waals surface area contributed by atoms with Crippen LogP contribution < -0.4 is 0 Å². The Bertz CT molecular complexity index is 432. The first-order valence-corrected chi connectivity index (χ1v) is 3.93. The van der Waals surface area contributed by atoms with E-state index < -0.39 is 0 Å². The van der Waals surface area contributed by atoms with Gasteiger partial charge in [-0.05, 0) is 5.92 Å². The fraction of sp³-hybridized carbons (Fsp3) is 0.143. The van der Waals surface area contributed by atoms with Crippen LogP contribution in [0.3, 0.4) is 0 Å². The SMILES string of the molecule is C#Cc1nn(C)c2scnc12. The van der Waals surface area contributed by atoms with Gasteiger partial charge >= 0.3 is 0 Å². The van der Waals surface area contributed by atoms with Crippen molar-refractivity contribution in [3.05, 3.63) is 11.2 Å². The van der Waals surface area contributed by atoms with Gasteiger partial charge in [-0.1, -0.05) is 0 Å². The molecule has 0 N–H and O–H groups in total. The van der Waals surface area contributed by atoms with Crippen LogP contribution in [-0.4, -0.2) is 14.8 Å². The van der Waals surface area contributed by atoms with Gasteiger partial charge in [0.05, 0.1) is 5.51 Å². The minimum atomic E-state index is 0.628. The number of hydrogen-bond acceptors (Lipinski definition) is 3. The zero-order valence-corrected chi connectivity index (χ0v) is 6.72. The van der Waals surface area contributed by atoms with E-state index in [4.69, 9.17) is 6.42 Å². The summed E-state index contributed by atoms with van der Waals surface area (Å²) in [6.07, 6.45) is 5.23. The third kappa shape index (κ3) is 0.748. The van der Waals surface area contributed by atoms with Crippen LogP contribution in [0.1, 0.15) is 5.69 Å². The molecule has 0 aliphatic carbocycles. The summed E-state index contributed by atoms with van der Waals surface area (Å²) in [6, 6.07) is 0. The van der Waals surface area contributed by atoms with Crippen molar-refractivity contribution in [1.29, 1.82) is 0 Å². The van der Waals surface area contributed by atoms with Gasteiger partial charge in [0.25, 0.3) is 0 Å². The second-order valence-corrected chi connectivity index (χ2v) is 2.96. The lowest BCUT2D eigenvalue weighted by atomic mass is 10.4. The molecular weight excluding hydrogens is 158 g/mol. The number of aromatic nitrogens is 3. The van der Waals surface area contributed by atoms with Crippen molar-refractivity contribution in [3.63, 3.8) is 0 Å². The predicted octanol–water partition coefficient (Wildman–Crippen LogP) is 1.01. The summed E-state index contributed by atoms with van der Waals surface area (Å²) >= 11 is 1.54. The van der Waals surface area contributed by atoms with Gasteiger partial charge in [-0.3, -0.25) is 4.68 Å². The normalized spacial score (nSPS) is 10.2. The second kappa shape index (κ2) is 2.07. The molecule has 0 aliphatic heterocycles. The highest BCUT2D eigenvalue weighted by molar-refractivity contribution is 7.16. The van der Waals surface area contributed by atoms with Crippen molar-refractivity contribution in [2.24, 2.45) is 7.05 Å². The van der Waals surface area contributed by atoms with Crippen molar-refractivity contribution in [1.82, 2.24) is 14.8 Å². The quantitative estimate of drug-likeness (QED) is 0.543. The maximum absolute atomic E-state index is 5.23. The highest BCUT2D eigenvalue weighted by Crippen LogP contribution is 2.19. The Morgan fingerprint density at radius 2 is 2.55 bits per heavy atom. The summed E-state index contributed by atoms with van der Waals surface area (Å²) in [5.74, 6) is 2.49. The van der Waals surface area contributed by atoms with Crippen molar-refractivity contribution in [3.8, 4) is 12.3 Å². The van der Waals surface area contributed by atoms with Crippen molar-refractivity contribution < 1.29 is 0 Å². The van der Waals surface area contributed by atoms with E-state index in [0.29, 0.717) is 5.69 Å². The van der Waals surface area contributed by atoms with Gasteiger partial charge < -0.3 is 0 Å². The average Bonchev–Trinajstić information content (AvgIpc) is 2.54. The van der Waals surface area contributed by atoms with Gasteiger partial charge in [0.2, 0.25) is 0 Å². The summed E-state index contributed by atoms with van der Waals surface area (Å²) in [5.41, 5.74) is 3.23. The predicted molar refractivity (Wildman–Crippen MR) is 44.3 cm³/mol. The van der Waals surface area contributed by atoms with Crippen LogP contribution in [0.2, 0.25) is 0 Å². The number of thiazole rings is 1. The van der Waals surface area contributed by atoms with Crippen molar-refractivity contribution in [2.45, 2.75) is 0 Å². The Hall–Kier alpha value is -1.34. The molecule has 2 rings (SSSR count). The molecule has 3 nitrogen and oxygen atoms in total. The van der Waals surface area contributed by atoms with E-state index in [1.807, 2.05) is 7.05 Å². The summed E-state index contributed by atoms with van der Waals surface area (Å²) in [7, 11) is 1.86. The molecule has 2 heterocycles. The van der Waals surface area contributed by atoms with Gasteiger partial charge in [-0.25, -0.2) is 4.98 Å². The number of aryl methyl sites for hydroxylation is 1. The van der Waals surface area contributed by atoms with Crippen LogP contribution in [0, 0.1) is 12.3 Å². The molecule has 2 aromatic rings. The number of terminal acetylenes is 1. The van der Waals surface area contributed by atoms with E-state index in [1.165, 1.54) is 0 Å². The third-order valence-electron chi connectivity index (χ3n) is 1.45. The molecule has 0 saturated heterocycles. The molecule has 0 fully saturated rings. The molecule has 0 atom stereocenters.